The first-order valence-corrected chi connectivity index (χ1v) is 7.95. The molecule has 1 aromatic carbocycles. The summed E-state index contributed by atoms with van der Waals surface area (Å²) in [6.07, 6.45) is -0.0558. The molecule has 2 N–H and O–H groups in total. The van der Waals surface area contributed by atoms with Crippen LogP contribution in [-0.2, 0) is 17.4 Å². The number of nitrogens with one attached hydrogen (secondary N) is 1. The van der Waals surface area contributed by atoms with Crippen LogP contribution in [0.4, 0.5) is 13.2 Å². The van der Waals surface area contributed by atoms with Crippen LogP contribution >= 0.6 is 0 Å². The van der Waals surface area contributed by atoms with Crippen LogP contribution in [0.15, 0.2) is 24.3 Å². The fourth-order valence-corrected chi connectivity index (χ4v) is 2.91. The lowest BCUT2D eigenvalue weighted by Gasteiger charge is -2.27. The number of amides is 1. The van der Waals surface area contributed by atoms with Crippen molar-refractivity contribution in [2.45, 2.75) is 50.7 Å². The maximum Gasteiger partial charge on any atom is 0.416 e. The molecule has 0 atom stereocenters. The molecule has 128 valence electrons. The van der Waals surface area contributed by atoms with E-state index in [9.17, 15) is 18.0 Å². The maximum atomic E-state index is 12.5. The predicted molar refractivity (Wildman–Crippen MR) is 80.7 cm³/mol. The summed E-state index contributed by atoms with van der Waals surface area (Å²) in [4.78, 5) is 11.9. The molecule has 1 fully saturated rings. The van der Waals surface area contributed by atoms with E-state index in [2.05, 4.69) is 5.32 Å². The molecule has 0 aliphatic heterocycles. The van der Waals surface area contributed by atoms with Gasteiger partial charge in [0.25, 0.3) is 0 Å². The Kier molecular flexibility index (Phi) is 6.04. The summed E-state index contributed by atoms with van der Waals surface area (Å²) in [5, 5.41) is 12.1. The Balaban J connectivity index is 1.74. The molecule has 0 radical (unpaired) electrons. The van der Waals surface area contributed by atoms with Gasteiger partial charge in [-0.1, -0.05) is 12.1 Å². The lowest BCUT2D eigenvalue weighted by atomic mass is 9.86. The summed E-state index contributed by atoms with van der Waals surface area (Å²) < 4.78 is 37.4. The highest BCUT2D eigenvalue weighted by molar-refractivity contribution is 5.76. The van der Waals surface area contributed by atoms with E-state index in [-0.39, 0.29) is 25.0 Å². The van der Waals surface area contributed by atoms with Crippen LogP contribution < -0.4 is 5.32 Å². The average Bonchev–Trinajstić information content (AvgIpc) is 2.53. The second-order valence-electron chi connectivity index (χ2n) is 6.16. The lowest BCUT2D eigenvalue weighted by Crippen LogP contribution is -2.38. The van der Waals surface area contributed by atoms with E-state index in [0.29, 0.717) is 12.3 Å². The molecule has 1 amide bonds. The quantitative estimate of drug-likeness (QED) is 0.871. The van der Waals surface area contributed by atoms with E-state index in [0.717, 1.165) is 43.4 Å². The smallest absolute Gasteiger partial charge is 0.396 e. The van der Waals surface area contributed by atoms with E-state index in [1.165, 1.54) is 12.1 Å². The van der Waals surface area contributed by atoms with E-state index >= 15 is 0 Å². The number of carbonyl (C=O) groups excluding carboxylic acids is 1. The van der Waals surface area contributed by atoms with Gasteiger partial charge in [0.1, 0.15) is 0 Å². The van der Waals surface area contributed by atoms with Gasteiger partial charge in [-0.05, 0) is 55.7 Å². The Bertz CT molecular complexity index is 506. The van der Waals surface area contributed by atoms with Gasteiger partial charge in [0, 0.05) is 19.1 Å². The standard InChI is InChI=1S/C17H22F3NO2/c18-17(19,20)14-6-1-12(2-7-14)5-10-16(23)21-15-8-3-13(11-22)4-9-15/h1-2,6-7,13,15,22H,3-5,8-11H2,(H,21,23). The molecule has 6 heteroatoms. The molecule has 1 aromatic rings. The van der Waals surface area contributed by atoms with Crippen LogP contribution in [0.1, 0.15) is 43.2 Å². The van der Waals surface area contributed by atoms with Crippen molar-refractivity contribution in [1.29, 1.82) is 0 Å². The van der Waals surface area contributed by atoms with E-state index in [1.807, 2.05) is 0 Å². The summed E-state index contributed by atoms with van der Waals surface area (Å²) >= 11 is 0. The second kappa shape index (κ2) is 7.81. The number of aryl methyl sites for hydroxylation is 1. The zero-order valence-corrected chi connectivity index (χ0v) is 12.9. The first-order valence-electron chi connectivity index (χ1n) is 7.95. The summed E-state index contributed by atoms with van der Waals surface area (Å²) in [7, 11) is 0. The third-order valence-electron chi connectivity index (χ3n) is 4.39. The lowest BCUT2D eigenvalue weighted by molar-refractivity contribution is -0.137. The van der Waals surface area contributed by atoms with Crippen molar-refractivity contribution < 1.29 is 23.1 Å². The number of alkyl halides is 3. The topological polar surface area (TPSA) is 49.3 Å². The van der Waals surface area contributed by atoms with Gasteiger partial charge in [0.2, 0.25) is 5.91 Å². The molecular weight excluding hydrogens is 307 g/mol. The monoisotopic (exact) mass is 329 g/mol. The van der Waals surface area contributed by atoms with Crippen molar-refractivity contribution >= 4 is 5.91 Å². The van der Waals surface area contributed by atoms with Gasteiger partial charge in [-0.3, -0.25) is 4.79 Å². The third-order valence-corrected chi connectivity index (χ3v) is 4.39. The molecule has 0 spiro atoms. The molecule has 3 nitrogen and oxygen atoms in total. The molecule has 0 saturated heterocycles. The van der Waals surface area contributed by atoms with Crippen molar-refractivity contribution in [1.82, 2.24) is 5.32 Å². The number of benzene rings is 1. The van der Waals surface area contributed by atoms with E-state index in [1.54, 1.807) is 0 Å². The molecule has 1 aliphatic carbocycles. The first kappa shape index (κ1) is 17.8. The Hall–Kier alpha value is -1.56. The molecule has 2 rings (SSSR count). The van der Waals surface area contributed by atoms with Gasteiger partial charge < -0.3 is 10.4 Å². The van der Waals surface area contributed by atoms with Crippen LogP contribution in [-0.4, -0.2) is 23.7 Å². The van der Waals surface area contributed by atoms with Gasteiger partial charge in [-0.15, -0.1) is 0 Å². The number of aliphatic hydroxyl groups is 1. The number of halogens is 3. The minimum absolute atomic E-state index is 0.0719. The van der Waals surface area contributed by atoms with Crippen molar-refractivity contribution in [3.8, 4) is 0 Å². The minimum Gasteiger partial charge on any atom is -0.396 e. The maximum absolute atomic E-state index is 12.5. The molecule has 0 heterocycles. The zero-order chi connectivity index (χ0) is 16.9. The molecule has 1 saturated carbocycles. The highest BCUT2D eigenvalue weighted by Crippen LogP contribution is 2.29. The summed E-state index contributed by atoms with van der Waals surface area (Å²) in [6.45, 7) is 0.203. The number of aliphatic hydroxyl groups excluding tert-OH is 1. The van der Waals surface area contributed by atoms with Crippen LogP contribution in [0.2, 0.25) is 0 Å². The SMILES string of the molecule is O=C(CCc1ccc(C(F)(F)F)cc1)NC1CCC(CO)CC1. The Morgan fingerprint density at radius 1 is 1.13 bits per heavy atom. The van der Waals surface area contributed by atoms with Crippen LogP contribution in [0.25, 0.3) is 0 Å². The summed E-state index contributed by atoms with van der Waals surface area (Å²) in [6, 6.07) is 5.08. The highest BCUT2D eigenvalue weighted by Gasteiger charge is 2.29. The molecule has 0 unspecified atom stereocenters. The Morgan fingerprint density at radius 2 is 1.74 bits per heavy atom. The second-order valence-corrected chi connectivity index (χ2v) is 6.16. The van der Waals surface area contributed by atoms with Crippen LogP contribution in [0.3, 0.4) is 0 Å². The van der Waals surface area contributed by atoms with Crippen LogP contribution in [0.5, 0.6) is 0 Å². The number of rotatable bonds is 5. The van der Waals surface area contributed by atoms with Crippen molar-refractivity contribution in [2.75, 3.05) is 6.61 Å². The van der Waals surface area contributed by atoms with Gasteiger partial charge >= 0.3 is 6.18 Å². The summed E-state index contributed by atoms with van der Waals surface area (Å²) in [5.74, 6) is 0.271. The first-order chi connectivity index (χ1) is 10.9. The number of hydrogen-bond donors (Lipinski definition) is 2. The molecule has 1 aliphatic rings. The van der Waals surface area contributed by atoms with E-state index in [4.69, 9.17) is 5.11 Å². The predicted octanol–water partition coefficient (Wildman–Crippen LogP) is 3.31. The molecule has 0 bridgehead atoms. The number of carbonyl (C=O) groups is 1. The minimum atomic E-state index is -4.33. The summed E-state index contributed by atoms with van der Waals surface area (Å²) in [5.41, 5.74) is 0.0449. The fourth-order valence-electron chi connectivity index (χ4n) is 2.91. The normalized spacial score (nSPS) is 21.9. The Morgan fingerprint density at radius 3 is 2.26 bits per heavy atom. The van der Waals surface area contributed by atoms with Crippen molar-refractivity contribution in [3.05, 3.63) is 35.4 Å². The van der Waals surface area contributed by atoms with Gasteiger partial charge in [0.15, 0.2) is 0 Å². The number of hydrogen-bond acceptors (Lipinski definition) is 2. The third kappa shape index (κ3) is 5.53. The van der Waals surface area contributed by atoms with Crippen molar-refractivity contribution in [3.63, 3.8) is 0 Å². The average molecular weight is 329 g/mol. The highest BCUT2D eigenvalue weighted by atomic mass is 19.4. The fraction of sp³-hybridized carbons (Fsp3) is 0.588. The van der Waals surface area contributed by atoms with E-state index < -0.39 is 11.7 Å². The van der Waals surface area contributed by atoms with Gasteiger partial charge in [-0.25, -0.2) is 0 Å². The molecule has 0 aromatic heterocycles. The van der Waals surface area contributed by atoms with Crippen LogP contribution in [0, 0.1) is 5.92 Å². The largest absolute Gasteiger partial charge is 0.416 e. The van der Waals surface area contributed by atoms with Gasteiger partial charge in [0.05, 0.1) is 5.56 Å². The molecule has 23 heavy (non-hydrogen) atoms. The molecular formula is C17H22F3NO2. The Labute approximate surface area is 133 Å². The van der Waals surface area contributed by atoms with Gasteiger partial charge in [-0.2, -0.15) is 13.2 Å². The zero-order valence-electron chi connectivity index (χ0n) is 12.9. The van der Waals surface area contributed by atoms with Crippen molar-refractivity contribution in [2.24, 2.45) is 5.92 Å².